The predicted molar refractivity (Wildman–Crippen MR) is 98.3 cm³/mol. The average molecular weight is 337 g/mol. The molecular weight excluding hydrogens is 320 g/mol. The van der Waals surface area contributed by atoms with E-state index in [1.807, 2.05) is 55.0 Å². The molecular formula is C19H17ClN4. The van der Waals surface area contributed by atoms with Crippen LogP contribution < -0.4 is 10.6 Å². The molecule has 24 heavy (non-hydrogen) atoms. The van der Waals surface area contributed by atoms with Crippen LogP contribution in [0.2, 0.25) is 0 Å². The van der Waals surface area contributed by atoms with Gasteiger partial charge in [0.2, 0.25) is 0 Å². The first-order valence-corrected chi connectivity index (χ1v) is 7.56. The highest BCUT2D eigenvalue weighted by Gasteiger charge is 2.11. The smallest absolute Gasteiger partial charge is 0.159 e. The van der Waals surface area contributed by atoms with Crippen molar-refractivity contribution in [1.82, 2.24) is 20.6 Å². The predicted octanol–water partition coefficient (Wildman–Crippen LogP) is 3.90. The Morgan fingerprint density at radius 1 is 0.750 bits per heavy atom. The molecule has 1 aliphatic rings. The summed E-state index contributed by atoms with van der Waals surface area (Å²) in [5, 5.41) is 6.49. The molecule has 0 saturated carbocycles. The van der Waals surface area contributed by atoms with Crippen molar-refractivity contribution in [3.63, 3.8) is 0 Å². The summed E-state index contributed by atoms with van der Waals surface area (Å²) in [4.78, 5) is 9.06. The van der Waals surface area contributed by atoms with Gasteiger partial charge in [-0.05, 0) is 11.6 Å². The SMILES string of the molecule is C1=CNC(c2ccc(-c3ccnc(-c4ccccc4)n3)cc2)N1.Cl. The second kappa shape index (κ2) is 7.15. The van der Waals surface area contributed by atoms with Crippen molar-refractivity contribution >= 4 is 12.4 Å². The molecule has 0 bridgehead atoms. The monoisotopic (exact) mass is 336 g/mol. The van der Waals surface area contributed by atoms with E-state index in [1.165, 1.54) is 5.56 Å². The molecule has 3 aromatic rings. The van der Waals surface area contributed by atoms with Crippen molar-refractivity contribution in [3.05, 3.63) is 84.8 Å². The number of aromatic nitrogens is 2. The Hall–Kier alpha value is -2.85. The summed E-state index contributed by atoms with van der Waals surface area (Å²) in [7, 11) is 0. The second-order valence-electron chi connectivity index (χ2n) is 5.35. The molecule has 2 aromatic carbocycles. The van der Waals surface area contributed by atoms with Crippen molar-refractivity contribution in [3.8, 4) is 22.6 Å². The molecule has 1 aliphatic heterocycles. The fourth-order valence-electron chi connectivity index (χ4n) is 2.62. The van der Waals surface area contributed by atoms with Crippen LogP contribution in [0.3, 0.4) is 0 Å². The van der Waals surface area contributed by atoms with Crippen molar-refractivity contribution < 1.29 is 0 Å². The number of hydrogen-bond donors (Lipinski definition) is 2. The van der Waals surface area contributed by atoms with Crippen molar-refractivity contribution in [2.45, 2.75) is 6.17 Å². The number of rotatable bonds is 3. The lowest BCUT2D eigenvalue weighted by atomic mass is 10.1. The van der Waals surface area contributed by atoms with Gasteiger partial charge in [-0.3, -0.25) is 0 Å². The van der Waals surface area contributed by atoms with Gasteiger partial charge in [0.25, 0.3) is 0 Å². The van der Waals surface area contributed by atoms with Gasteiger partial charge in [0, 0.05) is 29.7 Å². The van der Waals surface area contributed by atoms with Crippen LogP contribution in [0.15, 0.2) is 79.3 Å². The number of halogens is 1. The molecule has 0 amide bonds. The molecule has 4 rings (SSSR count). The van der Waals surface area contributed by atoms with Gasteiger partial charge in [0.15, 0.2) is 5.82 Å². The Morgan fingerprint density at radius 2 is 1.46 bits per heavy atom. The molecule has 0 spiro atoms. The van der Waals surface area contributed by atoms with Crippen LogP contribution in [0.1, 0.15) is 11.7 Å². The standard InChI is InChI=1S/C19H16N4.ClH/c1-2-4-15(5-3-1)19-20-11-10-17(23-19)14-6-8-16(9-7-14)18-21-12-13-22-18;/h1-13,18,21-22H;1H. The summed E-state index contributed by atoms with van der Waals surface area (Å²) in [6, 6.07) is 20.4. The fraction of sp³-hybridized carbons (Fsp3) is 0.0526. The molecule has 4 nitrogen and oxygen atoms in total. The van der Waals surface area contributed by atoms with Crippen molar-refractivity contribution in [2.24, 2.45) is 0 Å². The highest BCUT2D eigenvalue weighted by atomic mass is 35.5. The third kappa shape index (κ3) is 3.24. The minimum Gasteiger partial charge on any atom is -0.366 e. The number of hydrogen-bond acceptors (Lipinski definition) is 4. The Bertz CT molecular complexity index is 824. The minimum atomic E-state index is 0. The third-order valence-electron chi connectivity index (χ3n) is 3.84. The van der Waals surface area contributed by atoms with Crippen LogP contribution in [0.25, 0.3) is 22.6 Å². The summed E-state index contributed by atoms with van der Waals surface area (Å²) in [5.41, 5.74) is 4.22. The minimum absolute atomic E-state index is 0. The Labute approximate surface area is 147 Å². The Balaban J connectivity index is 0.00000169. The van der Waals surface area contributed by atoms with Gasteiger partial charge in [0.1, 0.15) is 6.17 Å². The number of nitrogens with zero attached hydrogens (tertiary/aromatic N) is 2. The van der Waals surface area contributed by atoms with Crippen LogP contribution >= 0.6 is 12.4 Å². The first-order chi connectivity index (χ1) is 11.4. The van der Waals surface area contributed by atoms with E-state index in [0.717, 1.165) is 22.6 Å². The summed E-state index contributed by atoms with van der Waals surface area (Å²) < 4.78 is 0. The Morgan fingerprint density at radius 3 is 2.17 bits per heavy atom. The van der Waals surface area contributed by atoms with Gasteiger partial charge in [-0.1, -0.05) is 54.6 Å². The molecule has 0 unspecified atom stereocenters. The molecule has 5 heteroatoms. The summed E-state index contributed by atoms with van der Waals surface area (Å²) in [5.74, 6) is 0.746. The maximum atomic E-state index is 4.69. The van der Waals surface area contributed by atoms with Gasteiger partial charge in [-0.2, -0.15) is 0 Å². The van der Waals surface area contributed by atoms with E-state index in [4.69, 9.17) is 0 Å². The van der Waals surface area contributed by atoms with E-state index in [0.29, 0.717) is 0 Å². The molecule has 2 N–H and O–H groups in total. The van der Waals surface area contributed by atoms with Crippen LogP contribution in [-0.2, 0) is 0 Å². The largest absolute Gasteiger partial charge is 0.366 e. The third-order valence-corrected chi connectivity index (χ3v) is 3.84. The van der Waals surface area contributed by atoms with E-state index in [2.05, 4.69) is 44.9 Å². The van der Waals surface area contributed by atoms with Gasteiger partial charge >= 0.3 is 0 Å². The van der Waals surface area contributed by atoms with Crippen molar-refractivity contribution in [1.29, 1.82) is 0 Å². The molecule has 0 aliphatic carbocycles. The Kier molecular flexibility index (Phi) is 4.77. The normalized spacial score (nSPS) is 13.0. The molecule has 120 valence electrons. The zero-order valence-corrected chi connectivity index (χ0v) is 13.7. The summed E-state index contributed by atoms with van der Waals surface area (Å²) >= 11 is 0. The molecule has 0 fully saturated rings. The van der Waals surface area contributed by atoms with Gasteiger partial charge in [0.05, 0.1) is 5.69 Å². The number of nitrogens with one attached hydrogen (secondary N) is 2. The zero-order valence-electron chi connectivity index (χ0n) is 12.9. The first-order valence-electron chi connectivity index (χ1n) is 7.56. The number of benzene rings is 2. The summed E-state index contributed by atoms with van der Waals surface area (Å²) in [6.07, 6.45) is 5.78. The van der Waals surface area contributed by atoms with Crippen molar-refractivity contribution in [2.75, 3.05) is 0 Å². The van der Waals surface area contributed by atoms with Gasteiger partial charge < -0.3 is 10.6 Å². The molecule has 2 heterocycles. The average Bonchev–Trinajstić information content (AvgIpc) is 3.17. The van der Waals surface area contributed by atoms with Gasteiger partial charge in [-0.15, -0.1) is 12.4 Å². The zero-order chi connectivity index (χ0) is 15.5. The van der Waals surface area contributed by atoms with E-state index < -0.39 is 0 Å². The van der Waals surface area contributed by atoms with E-state index in [1.54, 1.807) is 0 Å². The van der Waals surface area contributed by atoms with E-state index >= 15 is 0 Å². The van der Waals surface area contributed by atoms with E-state index in [-0.39, 0.29) is 18.6 Å². The highest BCUT2D eigenvalue weighted by molar-refractivity contribution is 5.85. The van der Waals surface area contributed by atoms with E-state index in [9.17, 15) is 0 Å². The van der Waals surface area contributed by atoms with Crippen LogP contribution in [0, 0.1) is 0 Å². The maximum Gasteiger partial charge on any atom is 0.159 e. The van der Waals surface area contributed by atoms with Gasteiger partial charge in [-0.25, -0.2) is 9.97 Å². The second-order valence-corrected chi connectivity index (χ2v) is 5.35. The topological polar surface area (TPSA) is 49.8 Å². The van der Waals surface area contributed by atoms with Crippen LogP contribution in [-0.4, -0.2) is 9.97 Å². The molecule has 1 aromatic heterocycles. The quantitative estimate of drug-likeness (QED) is 0.761. The van der Waals surface area contributed by atoms with Crippen LogP contribution in [0.5, 0.6) is 0 Å². The fourth-order valence-corrected chi connectivity index (χ4v) is 2.62. The highest BCUT2D eigenvalue weighted by Crippen LogP contribution is 2.22. The lowest BCUT2D eigenvalue weighted by Gasteiger charge is -2.13. The lowest BCUT2D eigenvalue weighted by molar-refractivity contribution is 0.608. The molecule has 0 saturated heterocycles. The lowest BCUT2D eigenvalue weighted by Crippen LogP contribution is -2.20. The maximum absolute atomic E-state index is 4.69. The molecule has 0 atom stereocenters. The van der Waals surface area contributed by atoms with Crippen LogP contribution in [0.4, 0.5) is 0 Å². The molecule has 0 radical (unpaired) electrons. The summed E-state index contributed by atoms with van der Waals surface area (Å²) in [6.45, 7) is 0. The first kappa shape index (κ1) is 16.0.